The van der Waals surface area contributed by atoms with Crippen LogP contribution in [0.25, 0.3) is 11.5 Å². The van der Waals surface area contributed by atoms with E-state index < -0.39 is 0 Å². The number of pyridine rings is 1. The standard InChI is InChI=1S/C21H20N4O3/c1-27-16-9-14(10-17(11-16)28-2)21(26)25-8-6-18-15(13-25)12-23-20(24-18)19-5-3-4-7-22-19/h3-5,7,9-12H,6,8,13H2,1-2H3. The number of hydrogen-bond donors (Lipinski definition) is 0. The number of carbonyl (C=O) groups is 1. The number of nitrogens with zero attached hydrogens (tertiary/aromatic N) is 4. The van der Waals surface area contributed by atoms with Crippen molar-refractivity contribution in [2.75, 3.05) is 20.8 Å². The van der Waals surface area contributed by atoms with E-state index in [4.69, 9.17) is 9.47 Å². The zero-order valence-electron chi connectivity index (χ0n) is 15.8. The Bertz CT molecular complexity index is 986. The summed E-state index contributed by atoms with van der Waals surface area (Å²) in [5, 5.41) is 0. The molecule has 142 valence electrons. The molecule has 0 N–H and O–H groups in total. The van der Waals surface area contributed by atoms with E-state index in [2.05, 4.69) is 15.0 Å². The highest BCUT2D eigenvalue weighted by Gasteiger charge is 2.24. The van der Waals surface area contributed by atoms with Gasteiger partial charge in [-0.05, 0) is 24.3 Å². The molecule has 0 radical (unpaired) electrons. The molecule has 3 aromatic rings. The number of aromatic nitrogens is 3. The summed E-state index contributed by atoms with van der Waals surface area (Å²) in [5.74, 6) is 1.71. The SMILES string of the molecule is COc1cc(OC)cc(C(=O)N2CCc3nc(-c4ccccn4)ncc3C2)c1. The number of fused-ring (bicyclic) bond motifs is 1. The third-order valence-corrected chi connectivity index (χ3v) is 4.71. The molecule has 0 spiro atoms. The molecular formula is C21H20N4O3. The summed E-state index contributed by atoms with van der Waals surface area (Å²) in [5.41, 5.74) is 3.19. The molecule has 0 bridgehead atoms. The molecule has 4 rings (SSSR count). The number of amides is 1. The zero-order valence-corrected chi connectivity index (χ0v) is 15.8. The van der Waals surface area contributed by atoms with Crippen molar-refractivity contribution in [1.29, 1.82) is 0 Å². The van der Waals surface area contributed by atoms with Crippen molar-refractivity contribution in [2.45, 2.75) is 13.0 Å². The summed E-state index contributed by atoms with van der Waals surface area (Å²) in [6.07, 6.45) is 4.18. The number of ether oxygens (including phenoxy) is 2. The van der Waals surface area contributed by atoms with Crippen LogP contribution in [-0.2, 0) is 13.0 Å². The minimum absolute atomic E-state index is 0.0725. The minimum atomic E-state index is -0.0725. The van der Waals surface area contributed by atoms with Gasteiger partial charge in [0, 0.05) is 49.1 Å². The Morgan fingerprint density at radius 2 is 1.86 bits per heavy atom. The molecule has 0 saturated heterocycles. The molecule has 1 aliphatic rings. The Morgan fingerprint density at radius 1 is 1.07 bits per heavy atom. The minimum Gasteiger partial charge on any atom is -0.497 e. The maximum absolute atomic E-state index is 13.0. The van der Waals surface area contributed by atoms with Crippen LogP contribution >= 0.6 is 0 Å². The van der Waals surface area contributed by atoms with Crippen LogP contribution in [0.1, 0.15) is 21.6 Å². The van der Waals surface area contributed by atoms with Crippen LogP contribution in [0.15, 0.2) is 48.8 Å². The molecule has 1 aliphatic heterocycles. The van der Waals surface area contributed by atoms with E-state index in [-0.39, 0.29) is 5.91 Å². The van der Waals surface area contributed by atoms with Crippen molar-refractivity contribution < 1.29 is 14.3 Å². The monoisotopic (exact) mass is 376 g/mol. The summed E-state index contributed by atoms with van der Waals surface area (Å²) in [6.45, 7) is 1.06. The van der Waals surface area contributed by atoms with Gasteiger partial charge < -0.3 is 14.4 Å². The first-order valence-corrected chi connectivity index (χ1v) is 8.96. The summed E-state index contributed by atoms with van der Waals surface area (Å²) < 4.78 is 10.5. The van der Waals surface area contributed by atoms with Crippen LogP contribution in [0.2, 0.25) is 0 Å². The summed E-state index contributed by atoms with van der Waals surface area (Å²) in [4.78, 5) is 28.2. The van der Waals surface area contributed by atoms with Gasteiger partial charge in [0.2, 0.25) is 0 Å². The fourth-order valence-corrected chi connectivity index (χ4v) is 3.22. The van der Waals surface area contributed by atoms with E-state index in [9.17, 15) is 4.79 Å². The molecule has 0 saturated carbocycles. The van der Waals surface area contributed by atoms with Crippen molar-refractivity contribution in [2.24, 2.45) is 0 Å². The highest BCUT2D eigenvalue weighted by Crippen LogP contribution is 2.26. The number of benzene rings is 1. The highest BCUT2D eigenvalue weighted by molar-refractivity contribution is 5.95. The van der Waals surface area contributed by atoms with Gasteiger partial charge in [0.15, 0.2) is 5.82 Å². The summed E-state index contributed by atoms with van der Waals surface area (Å²) in [7, 11) is 3.13. The molecule has 2 aromatic heterocycles. The van der Waals surface area contributed by atoms with Gasteiger partial charge in [-0.1, -0.05) is 6.07 Å². The topological polar surface area (TPSA) is 77.4 Å². The quantitative estimate of drug-likeness (QED) is 0.697. The second-order valence-corrected chi connectivity index (χ2v) is 6.46. The Kier molecular flexibility index (Phi) is 4.89. The van der Waals surface area contributed by atoms with Crippen LogP contribution in [0, 0.1) is 0 Å². The molecule has 7 nitrogen and oxygen atoms in total. The van der Waals surface area contributed by atoms with Gasteiger partial charge in [0.25, 0.3) is 5.91 Å². The van der Waals surface area contributed by atoms with Gasteiger partial charge >= 0.3 is 0 Å². The van der Waals surface area contributed by atoms with Crippen molar-refractivity contribution in [3.63, 3.8) is 0 Å². The largest absolute Gasteiger partial charge is 0.497 e. The molecule has 0 aliphatic carbocycles. The molecule has 3 heterocycles. The lowest BCUT2D eigenvalue weighted by atomic mass is 10.1. The first-order valence-electron chi connectivity index (χ1n) is 8.96. The van der Waals surface area contributed by atoms with Crippen molar-refractivity contribution in [3.8, 4) is 23.0 Å². The molecule has 7 heteroatoms. The summed E-state index contributed by atoms with van der Waals surface area (Å²) >= 11 is 0. The number of rotatable bonds is 4. The third kappa shape index (κ3) is 3.51. The fraction of sp³-hybridized carbons (Fsp3) is 0.238. The van der Waals surface area contributed by atoms with Gasteiger partial charge in [-0.25, -0.2) is 9.97 Å². The number of hydrogen-bond acceptors (Lipinski definition) is 6. The number of methoxy groups -OCH3 is 2. The Labute approximate surface area is 163 Å². The number of carbonyl (C=O) groups excluding carboxylic acids is 1. The third-order valence-electron chi connectivity index (χ3n) is 4.71. The van der Waals surface area contributed by atoms with Crippen LogP contribution in [0.5, 0.6) is 11.5 Å². The molecule has 0 atom stereocenters. The van der Waals surface area contributed by atoms with E-state index in [1.165, 1.54) is 0 Å². The molecule has 1 aromatic carbocycles. The van der Waals surface area contributed by atoms with Gasteiger partial charge in [-0.15, -0.1) is 0 Å². The van der Waals surface area contributed by atoms with Gasteiger partial charge in [0.05, 0.1) is 19.9 Å². The molecule has 28 heavy (non-hydrogen) atoms. The van der Waals surface area contributed by atoms with Crippen molar-refractivity contribution in [3.05, 3.63) is 65.6 Å². The lowest BCUT2D eigenvalue weighted by Gasteiger charge is -2.28. The van der Waals surface area contributed by atoms with E-state index in [1.54, 1.807) is 49.7 Å². The maximum Gasteiger partial charge on any atom is 0.254 e. The second kappa shape index (κ2) is 7.64. The summed E-state index contributed by atoms with van der Waals surface area (Å²) in [6, 6.07) is 10.8. The lowest BCUT2D eigenvalue weighted by Crippen LogP contribution is -2.36. The zero-order chi connectivity index (χ0) is 19.5. The van der Waals surface area contributed by atoms with Crippen molar-refractivity contribution >= 4 is 5.91 Å². The van der Waals surface area contributed by atoms with Crippen LogP contribution in [-0.4, -0.2) is 46.5 Å². The Balaban J connectivity index is 1.56. The predicted molar refractivity (Wildman–Crippen MR) is 103 cm³/mol. The van der Waals surface area contributed by atoms with Crippen LogP contribution in [0.3, 0.4) is 0 Å². The Morgan fingerprint density at radius 3 is 2.54 bits per heavy atom. The van der Waals surface area contributed by atoms with E-state index in [0.717, 1.165) is 17.0 Å². The van der Waals surface area contributed by atoms with Crippen LogP contribution in [0.4, 0.5) is 0 Å². The first kappa shape index (κ1) is 17.9. The Hall–Kier alpha value is -3.48. The molecule has 1 amide bonds. The highest BCUT2D eigenvalue weighted by atomic mass is 16.5. The normalized spacial score (nSPS) is 13.0. The lowest BCUT2D eigenvalue weighted by molar-refractivity contribution is 0.0732. The van der Waals surface area contributed by atoms with Crippen LogP contribution < -0.4 is 9.47 Å². The fourth-order valence-electron chi connectivity index (χ4n) is 3.22. The average Bonchev–Trinajstić information content (AvgIpc) is 2.78. The van der Waals surface area contributed by atoms with Gasteiger partial charge in [0.1, 0.15) is 17.2 Å². The molecule has 0 unspecified atom stereocenters. The average molecular weight is 376 g/mol. The first-order chi connectivity index (χ1) is 13.7. The van der Waals surface area contributed by atoms with Gasteiger partial charge in [-0.2, -0.15) is 0 Å². The maximum atomic E-state index is 13.0. The second-order valence-electron chi connectivity index (χ2n) is 6.46. The van der Waals surface area contributed by atoms with E-state index in [1.807, 2.05) is 18.2 Å². The van der Waals surface area contributed by atoms with Crippen molar-refractivity contribution in [1.82, 2.24) is 19.9 Å². The predicted octanol–water partition coefficient (Wildman–Crippen LogP) is 2.75. The molecular weight excluding hydrogens is 356 g/mol. The smallest absolute Gasteiger partial charge is 0.254 e. The molecule has 0 fully saturated rings. The van der Waals surface area contributed by atoms with E-state index >= 15 is 0 Å². The van der Waals surface area contributed by atoms with E-state index in [0.29, 0.717) is 42.4 Å². The van der Waals surface area contributed by atoms with Gasteiger partial charge in [-0.3, -0.25) is 9.78 Å².